The molecule has 0 aliphatic heterocycles. The van der Waals surface area contributed by atoms with Crippen LogP contribution in [-0.4, -0.2) is 69.4 Å². The molecular weight excluding hydrogens is 738 g/mol. The van der Waals surface area contributed by atoms with Gasteiger partial charge < -0.3 is 30.2 Å². The van der Waals surface area contributed by atoms with E-state index in [-0.39, 0.29) is 17.7 Å². The molecule has 10 heteroatoms. The normalized spacial score (nSPS) is 12.2. The van der Waals surface area contributed by atoms with Gasteiger partial charge in [0.05, 0.1) is 26.4 Å². The zero-order valence-electron chi connectivity index (χ0n) is 34.2. The van der Waals surface area contributed by atoms with E-state index in [1.54, 1.807) is 38.1 Å². The van der Waals surface area contributed by atoms with Crippen molar-refractivity contribution in [2.75, 3.05) is 46.1 Å². The Morgan fingerprint density at radius 1 is 0.614 bits per heavy atom. The molecule has 0 atom stereocenters. The minimum atomic E-state index is -1.09. The highest BCUT2D eigenvalue weighted by Gasteiger charge is 2.29. The molecule has 310 valence electrons. The first kappa shape index (κ1) is 48.4. The third-order valence-electron chi connectivity index (χ3n) is 8.26. The van der Waals surface area contributed by atoms with Gasteiger partial charge in [-0.05, 0) is 107 Å². The fourth-order valence-corrected chi connectivity index (χ4v) is 5.19. The minimum absolute atomic E-state index is 0.00222. The van der Waals surface area contributed by atoms with Crippen molar-refractivity contribution in [3.63, 3.8) is 0 Å². The van der Waals surface area contributed by atoms with Gasteiger partial charge in [-0.25, -0.2) is 0 Å². The number of amides is 3. The van der Waals surface area contributed by atoms with Gasteiger partial charge >= 0.3 is 0 Å². The molecule has 2 aromatic carbocycles. The van der Waals surface area contributed by atoms with Crippen LogP contribution in [0.1, 0.15) is 88.1 Å². The molecule has 0 unspecified atom stereocenters. The van der Waals surface area contributed by atoms with E-state index in [9.17, 15) is 14.4 Å². The molecule has 0 spiro atoms. The molecule has 0 saturated heterocycles. The topological polar surface area (TPSA) is 115 Å². The molecule has 2 rings (SSSR count). The van der Waals surface area contributed by atoms with E-state index in [1.165, 1.54) is 0 Å². The highest BCUT2D eigenvalue weighted by Crippen LogP contribution is 2.19. The first-order chi connectivity index (χ1) is 27.7. The summed E-state index contributed by atoms with van der Waals surface area (Å²) in [7, 11) is 0. The zero-order chi connectivity index (χ0) is 41.2. The summed E-state index contributed by atoms with van der Waals surface area (Å²) in [6.07, 6.45) is 33.6. The molecule has 2 aromatic rings. The summed E-state index contributed by atoms with van der Waals surface area (Å²) in [4.78, 5) is 37.1. The average Bonchev–Trinajstić information content (AvgIpc) is 3.20. The van der Waals surface area contributed by atoms with E-state index in [0.717, 1.165) is 44.1 Å². The molecule has 3 N–H and O–H groups in total. The Morgan fingerprint density at radius 3 is 1.67 bits per heavy atom. The molecule has 0 fully saturated rings. The summed E-state index contributed by atoms with van der Waals surface area (Å²) >= 11 is 5.89. The predicted octanol–water partition coefficient (Wildman–Crippen LogP) is 9.21. The lowest BCUT2D eigenvalue weighted by molar-refractivity contribution is -0.134. The van der Waals surface area contributed by atoms with Crippen molar-refractivity contribution in [1.29, 1.82) is 0 Å². The van der Waals surface area contributed by atoms with E-state index in [0.29, 0.717) is 81.7 Å². The van der Waals surface area contributed by atoms with Crippen molar-refractivity contribution < 1.29 is 28.6 Å². The van der Waals surface area contributed by atoms with E-state index in [4.69, 9.17) is 25.8 Å². The number of allylic oxidation sites excluding steroid dienone is 12. The van der Waals surface area contributed by atoms with Crippen LogP contribution in [0.5, 0.6) is 5.75 Å². The smallest absolute Gasteiger partial charge is 0.263 e. The summed E-state index contributed by atoms with van der Waals surface area (Å²) in [6.45, 7) is 8.33. The van der Waals surface area contributed by atoms with Crippen LogP contribution in [0.4, 0.5) is 0 Å². The lowest BCUT2D eigenvalue weighted by atomic mass is 10.1. The standard InChI is InChI=1S/C47H64ClN3O6/c1-4-5-6-7-8-9-10-11-12-13-14-15-16-17-18-19-20-21-22-23-44(52)49-34-36-55-38-39-56-37-35-51-46(54)47(2,3)57-43-30-24-40(25-31-43)32-33-50-45(53)41-26-28-42(48)29-27-41/h5-6,8-9,11-12,14-15,17-18,20-21,24-31H,4,7,10,13,16,19,22-23,32-39H2,1-3H3,(H,49,52)(H,50,53)(H,51,54)/b6-5-,9-8-,12-11-,15-14-,18-17-,21-20-. The van der Waals surface area contributed by atoms with Gasteiger partial charge in [0.15, 0.2) is 5.60 Å². The molecule has 0 aliphatic rings. The average molecular weight is 802 g/mol. The van der Waals surface area contributed by atoms with Gasteiger partial charge in [0, 0.05) is 36.6 Å². The number of halogens is 1. The number of rotatable bonds is 30. The quantitative estimate of drug-likeness (QED) is 0.0536. The maximum Gasteiger partial charge on any atom is 0.263 e. The molecule has 3 amide bonds. The molecule has 0 saturated carbocycles. The summed E-state index contributed by atoms with van der Waals surface area (Å²) in [6, 6.07) is 14.2. The van der Waals surface area contributed by atoms with Gasteiger partial charge in [0.25, 0.3) is 11.8 Å². The van der Waals surface area contributed by atoms with Gasteiger partial charge in [-0.3, -0.25) is 14.4 Å². The second-order valence-corrected chi connectivity index (χ2v) is 14.0. The molecule has 0 bridgehead atoms. The summed E-state index contributed by atoms with van der Waals surface area (Å²) in [5.74, 6) is 0.161. The Hall–Kier alpha value is -4.70. The largest absolute Gasteiger partial charge is 0.478 e. The van der Waals surface area contributed by atoms with E-state index in [1.807, 2.05) is 30.3 Å². The maximum atomic E-state index is 12.8. The van der Waals surface area contributed by atoms with Crippen LogP contribution in [0.3, 0.4) is 0 Å². The Labute approximate surface area is 346 Å². The molecular formula is C47H64ClN3O6. The highest BCUT2D eigenvalue weighted by atomic mass is 35.5. The van der Waals surface area contributed by atoms with Crippen molar-refractivity contribution in [2.24, 2.45) is 0 Å². The number of carbonyl (C=O) groups is 3. The van der Waals surface area contributed by atoms with Gasteiger partial charge in [-0.1, -0.05) is 104 Å². The van der Waals surface area contributed by atoms with Crippen molar-refractivity contribution in [3.05, 3.63) is 138 Å². The Bertz CT molecular complexity index is 1590. The van der Waals surface area contributed by atoms with Crippen LogP contribution < -0.4 is 20.7 Å². The lowest BCUT2D eigenvalue weighted by Crippen LogP contribution is -2.47. The van der Waals surface area contributed by atoms with Crippen LogP contribution in [0.25, 0.3) is 0 Å². The Kier molecular flexibility index (Phi) is 26.7. The number of hydrogen-bond donors (Lipinski definition) is 3. The van der Waals surface area contributed by atoms with Crippen LogP contribution in [0, 0.1) is 0 Å². The number of ether oxygens (including phenoxy) is 3. The minimum Gasteiger partial charge on any atom is -0.478 e. The molecule has 9 nitrogen and oxygen atoms in total. The molecule has 0 aromatic heterocycles. The molecule has 0 aliphatic carbocycles. The molecule has 0 heterocycles. The SMILES string of the molecule is CC/C=C\C/C=C\C/C=C\C/C=C\C/C=C\C/C=C\CCC(=O)NCCOCCOCCNC(=O)C(C)(C)Oc1ccc(CCNC(=O)c2ccc(Cl)cc2)cc1. The van der Waals surface area contributed by atoms with E-state index in [2.05, 4.69) is 89.7 Å². The van der Waals surface area contributed by atoms with Crippen molar-refractivity contribution in [1.82, 2.24) is 16.0 Å². The fraction of sp³-hybridized carbons (Fsp3) is 0.426. The van der Waals surface area contributed by atoms with Crippen LogP contribution >= 0.6 is 11.6 Å². The first-order valence-electron chi connectivity index (χ1n) is 20.1. The van der Waals surface area contributed by atoms with Gasteiger partial charge in [-0.15, -0.1) is 0 Å². The van der Waals surface area contributed by atoms with Crippen molar-refractivity contribution in [2.45, 2.75) is 84.2 Å². The monoisotopic (exact) mass is 801 g/mol. The number of hydrogen-bond acceptors (Lipinski definition) is 6. The van der Waals surface area contributed by atoms with Crippen LogP contribution in [0.2, 0.25) is 5.02 Å². The summed E-state index contributed by atoms with van der Waals surface area (Å²) < 4.78 is 17.1. The van der Waals surface area contributed by atoms with Gasteiger partial charge in [0.1, 0.15) is 5.75 Å². The Morgan fingerprint density at radius 2 is 1.12 bits per heavy atom. The van der Waals surface area contributed by atoms with Crippen LogP contribution in [0.15, 0.2) is 121 Å². The molecule has 0 radical (unpaired) electrons. The Balaban J connectivity index is 1.41. The van der Waals surface area contributed by atoms with Crippen molar-refractivity contribution in [3.8, 4) is 5.75 Å². The first-order valence-corrected chi connectivity index (χ1v) is 20.5. The van der Waals surface area contributed by atoms with Crippen LogP contribution in [-0.2, 0) is 25.5 Å². The molecule has 57 heavy (non-hydrogen) atoms. The number of carbonyl (C=O) groups excluding carboxylic acids is 3. The van der Waals surface area contributed by atoms with Gasteiger partial charge in [0.2, 0.25) is 5.91 Å². The second kappa shape index (κ2) is 31.4. The van der Waals surface area contributed by atoms with E-state index >= 15 is 0 Å². The summed E-state index contributed by atoms with van der Waals surface area (Å²) in [5.41, 5.74) is 0.497. The fourth-order valence-electron chi connectivity index (χ4n) is 5.07. The highest BCUT2D eigenvalue weighted by molar-refractivity contribution is 6.30. The third kappa shape index (κ3) is 25.2. The van der Waals surface area contributed by atoms with Gasteiger partial charge in [-0.2, -0.15) is 0 Å². The zero-order valence-corrected chi connectivity index (χ0v) is 34.9. The second-order valence-electron chi connectivity index (χ2n) is 13.6. The number of benzene rings is 2. The lowest BCUT2D eigenvalue weighted by Gasteiger charge is -2.25. The predicted molar refractivity (Wildman–Crippen MR) is 234 cm³/mol. The van der Waals surface area contributed by atoms with E-state index < -0.39 is 5.60 Å². The number of nitrogens with one attached hydrogen (secondary N) is 3. The maximum absolute atomic E-state index is 12.8. The summed E-state index contributed by atoms with van der Waals surface area (Å²) in [5, 5.41) is 9.20. The van der Waals surface area contributed by atoms with Crippen molar-refractivity contribution >= 4 is 29.3 Å². The third-order valence-corrected chi connectivity index (χ3v) is 8.51.